The van der Waals surface area contributed by atoms with Crippen LogP contribution in [0.4, 0.5) is 4.79 Å². The molecule has 1 N–H and O–H groups in total. The van der Waals surface area contributed by atoms with Crippen molar-refractivity contribution in [2.45, 2.75) is 18.9 Å². The minimum atomic E-state index is -0.314. The van der Waals surface area contributed by atoms with E-state index in [2.05, 4.69) is 0 Å². The van der Waals surface area contributed by atoms with Gasteiger partial charge in [-0.1, -0.05) is 30.3 Å². The molecule has 0 bridgehead atoms. The lowest BCUT2D eigenvalue weighted by atomic mass is 10.1. The molecule has 2 rings (SSSR count). The summed E-state index contributed by atoms with van der Waals surface area (Å²) in [6, 6.07) is 9.89. The van der Waals surface area contributed by atoms with Crippen molar-refractivity contribution in [3.05, 3.63) is 35.9 Å². The summed E-state index contributed by atoms with van der Waals surface area (Å²) < 4.78 is 4.99. The molecule has 17 heavy (non-hydrogen) atoms. The topological polar surface area (TPSA) is 49.8 Å². The van der Waals surface area contributed by atoms with Crippen molar-refractivity contribution in [2.75, 3.05) is 19.8 Å². The number of hydrogen-bond donors (Lipinski definition) is 1. The van der Waals surface area contributed by atoms with Gasteiger partial charge in [-0.25, -0.2) is 4.79 Å². The second-order valence-corrected chi connectivity index (χ2v) is 4.17. The van der Waals surface area contributed by atoms with Gasteiger partial charge in [-0.2, -0.15) is 0 Å². The number of carbonyl (C=O) groups excluding carboxylic acids is 1. The molecule has 0 saturated carbocycles. The van der Waals surface area contributed by atoms with Gasteiger partial charge in [0.1, 0.15) is 0 Å². The lowest BCUT2D eigenvalue weighted by Gasteiger charge is -2.33. The summed E-state index contributed by atoms with van der Waals surface area (Å²) in [5.74, 6) is 0. The van der Waals surface area contributed by atoms with E-state index in [0.29, 0.717) is 19.6 Å². The van der Waals surface area contributed by atoms with E-state index in [9.17, 15) is 9.90 Å². The van der Waals surface area contributed by atoms with Crippen LogP contribution >= 0.6 is 0 Å². The molecule has 0 radical (unpaired) electrons. The third-order valence-corrected chi connectivity index (χ3v) is 3.05. The maximum absolute atomic E-state index is 11.6. The molecule has 4 nitrogen and oxygen atoms in total. The summed E-state index contributed by atoms with van der Waals surface area (Å²) in [6.45, 7) is 1.00. The fourth-order valence-corrected chi connectivity index (χ4v) is 2.03. The van der Waals surface area contributed by atoms with E-state index in [1.165, 1.54) is 5.56 Å². The lowest BCUT2D eigenvalue weighted by molar-refractivity contribution is 0.0257. The Morgan fingerprint density at radius 2 is 2.12 bits per heavy atom. The van der Waals surface area contributed by atoms with Crippen molar-refractivity contribution in [3.8, 4) is 0 Å². The third kappa shape index (κ3) is 2.97. The number of carbonyl (C=O) groups is 1. The van der Waals surface area contributed by atoms with Crippen LogP contribution < -0.4 is 0 Å². The van der Waals surface area contributed by atoms with Crippen LogP contribution in [0.25, 0.3) is 0 Å². The Bertz CT molecular complexity index is 366. The summed E-state index contributed by atoms with van der Waals surface area (Å²) >= 11 is 0. The van der Waals surface area contributed by atoms with Gasteiger partial charge in [0.2, 0.25) is 0 Å². The minimum Gasteiger partial charge on any atom is -0.449 e. The quantitative estimate of drug-likeness (QED) is 0.859. The first-order valence-corrected chi connectivity index (χ1v) is 5.89. The van der Waals surface area contributed by atoms with Crippen molar-refractivity contribution in [1.82, 2.24) is 4.90 Å². The lowest BCUT2D eigenvalue weighted by Crippen LogP contribution is -2.48. The maximum atomic E-state index is 11.6. The van der Waals surface area contributed by atoms with Gasteiger partial charge in [0.25, 0.3) is 0 Å². The Labute approximate surface area is 101 Å². The summed E-state index contributed by atoms with van der Waals surface area (Å²) in [4.78, 5) is 13.2. The monoisotopic (exact) mass is 235 g/mol. The van der Waals surface area contributed by atoms with Gasteiger partial charge in [0.15, 0.2) is 0 Å². The fourth-order valence-electron chi connectivity index (χ4n) is 2.03. The van der Waals surface area contributed by atoms with Gasteiger partial charge in [-0.05, 0) is 12.0 Å². The molecule has 1 aromatic carbocycles. The Morgan fingerprint density at radius 3 is 2.82 bits per heavy atom. The predicted octanol–water partition coefficient (Wildman–Crippen LogP) is 1.43. The van der Waals surface area contributed by atoms with Crippen LogP contribution in [0.2, 0.25) is 0 Å². The van der Waals surface area contributed by atoms with E-state index in [-0.39, 0.29) is 18.7 Å². The standard InChI is InChI=1S/C13H17NO3/c15-10-12-7-9-17-13(16)14(12)8-6-11-4-2-1-3-5-11/h1-5,12,15H,6-10H2. The normalized spacial score (nSPS) is 20.2. The zero-order chi connectivity index (χ0) is 12.1. The minimum absolute atomic E-state index is 0.00386. The number of benzene rings is 1. The first-order valence-electron chi connectivity index (χ1n) is 5.89. The Balaban J connectivity index is 1.94. The molecule has 1 aliphatic rings. The van der Waals surface area contributed by atoms with Crippen molar-refractivity contribution in [3.63, 3.8) is 0 Å². The molecule has 1 saturated heterocycles. The molecule has 1 heterocycles. The van der Waals surface area contributed by atoms with Crippen LogP contribution in [0.3, 0.4) is 0 Å². The van der Waals surface area contributed by atoms with E-state index >= 15 is 0 Å². The molecular formula is C13H17NO3. The highest BCUT2D eigenvalue weighted by molar-refractivity contribution is 5.68. The number of hydrogen-bond acceptors (Lipinski definition) is 3. The second kappa shape index (κ2) is 5.68. The molecule has 1 atom stereocenters. The number of rotatable bonds is 4. The molecule has 0 aliphatic carbocycles. The van der Waals surface area contributed by atoms with Crippen LogP contribution in [-0.2, 0) is 11.2 Å². The second-order valence-electron chi connectivity index (χ2n) is 4.17. The smallest absolute Gasteiger partial charge is 0.410 e. The average Bonchev–Trinajstić information content (AvgIpc) is 2.38. The fraction of sp³-hybridized carbons (Fsp3) is 0.462. The van der Waals surface area contributed by atoms with E-state index < -0.39 is 0 Å². The van der Waals surface area contributed by atoms with Crippen LogP contribution in [0.1, 0.15) is 12.0 Å². The highest BCUT2D eigenvalue weighted by atomic mass is 16.6. The molecule has 1 aromatic rings. The van der Waals surface area contributed by atoms with E-state index in [1.807, 2.05) is 30.3 Å². The van der Waals surface area contributed by atoms with E-state index in [4.69, 9.17) is 4.74 Å². The summed E-state index contributed by atoms with van der Waals surface area (Å²) in [6.07, 6.45) is 1.18. The van der Waals surface area contributed by atoms with Crippen LogP contribution in [0, 0.1) is 0 Å². The molecule has 0 spiro atoms. The Hall–Kier alpha value is -1.55. The zero-order valence-corrected chi connectivity index (χ0v) is 9.71. The van der Waals surface area contributed by atoms with Crippen molar-refractivity contribution >= 4 is 6.09 Å². The van der Waals surface area contributed by atoms with Gasteiger partial charge in [0, 0.05) is 13.0 Å². The van der Waals surface area contributed by atoms with Gasteiger partial charge in [0.05, 0.1) is 19.3 Å². The number of aliphatic hydroxyl groups excluding tert-OH is 1. The first-order chi connectivity index (χ1) is 8.31. The molecule has 1 unspecified atom stereocenters. The van der Waals surface area contributed by atoms with Crippen molar-refractivity contribution in [1.29, 1.82) is 0 Å². The van der Waals surface area contributed by atoms with Gasteiger partial charge in [-0.15, -0.1) is 0 Å². The molecular weight excluding hydrogens is 218 g/mol. The number of amides is 1. The van der Waals surface area contributed by atoms with Gasteiger partial charge in [-0.3, -0.25) is 0 Å². The van der Waals surface area contributed by atoms with Gasteiger partial charge >= 0.3 is 6.09 Å². The summed E-state index contributed by atoms with van der Waals surface area (Å²) in [5.41, 5.74) is 1.18. The molecule has 0 aromatic heterocycles. The largest absolute Gasteiger partial charge is 0.449 e. The van der Waals surface area contributed by atoms with Crippen LogP contribution in [0.15, 0.2) is 30.3 Å². The molecule has 4 heteroatoms. The number of ether oxygens (including phenoxy) is 1. The van der Waals surface area contributed by atoms with E-state index in [0.717, 1.165) is 6.42 Å². The SMILES string of the molecule is O=C1OCCC(CO)N1CCc1ccccc1. The summed E-state index contributed by atoms with van der Waals surface area (Å²) in [5, 5.41) is 9.23. The van der Waals surface area contributed by atoms with E-state index in [1.54, 1.807) is 4.90 Å². The maximum Gasteiger partial charge on any atom is 0.410 e. The average molecular weight is 235 g/mol. The van der Waals surface area contributed by atoms with Crippen LogP contribution in [0.5, 0.6) is 0 Å². The third-order valence-electron chi connectivity index (χ3n) is 3.05. The molecule has 92 valence electrons. The van der Waals surface area contributed by atoms with Crippen molar-refractivity contribution in [2.24, 2.45) is 0 Å². The Kier molecular flexibility index (Phi) is 3.98. The number of cyclic esters (lactones) is 1. The summed E-state index contributed by atoms with van der Waals surface area (Å²) in [7, 11) is 0. The molecule has 1 amide bonds. The molecule has 1 aliphatic heterocycles. The Morgan fingerprint density at radius 1 is 1.35 bits per heavy atom. The molecule has 1 fully saturated rings. The highest BCUT2D eigenvalue weighted by Gasteiger charge is 2.28. The van der Waals surface area contributed by atoms with Crippen molar-refractivity contribution < 1.29 is 14.6 Å². The van der Waals surface area contributed by atoms with Crippen LogP contribution in [-0.4, -0.2) is 41.9 Å². The number of aliphatic hydroxyl groups is 1. The van der Waals surface area contributed by atoms with Gasteiger partial charge < -0.3 is 14.7 Å². The predicted molar refractivity (Wildman–Crippen MR) is 63.7 cm³/mol. The number of nitrogens with zero attached hydrogens (tertiary/aromatic N) is 1. The highest BCUT2D eigenvalue weighted by Crippen LogP contribution is 2.14. The first kappa shape index (κ1) is 11.9. The zero-order valence-electron chi connectivity index (χ0n) is 9.71.